The van der Waals surface area contributed by atoms with Crippen molar-refractivity contribution in [3.8, 4) is 0 Å². The third kappa shape index (κ3) is 2.53. The maximum atomic E-state index is 12.2. The average molecular weight is 290 g/mol. The van der Waals surface area contributed by atoms with Gasteiger partial charge >= 0.3 is 0 Å². The van der Waals surface area contributed by atoms with Crippen LogP contribution in [0, 0.1) is 6.92 Å². The first-order chi connectivity index (χ1) is 9.13. The summed E-state index contributed by atoms with van der Waals surface area (Å²) in [5.41, 5.74) is 2.75. The molecule has 19 heavy (non-hydrogen) atoms. The number of fused-ring (bicyclic) bond motifs is 1. The summed E-state index contributed by atoms with van der Waals surface area (Å²) in [5, 5.41) is 3.60. The van der Waals surface area contributed by atoms with Crippen LogP contribution < -0.4 is 5.32 Å². The van der Waals surface area contributed by atoms with Gasteiger partial charge < -0.3 is 0 Å². The zero-order valence-electron chi connectivity index (χ0n) is 10.6. The molecular weight excluding hydrogens is 276 g/mol. The standard InChI is InChI=1S/C14H14N2OS2/c1-8-5-6-9(18)7-10(8)13(17)16-14-15-11-3-2-4-12(11)19-14/h5-7,18H,2-4H2,1H3,(H,15,16,17). The molecule has 0 radical (unpaired) electrons. The molecule has 1 amide bonds. The summed E-state index contributed by atoms with van der Waals surface area (Å²) in [6, 6.07) is 5.57. The van der Waals surface area contributed by atoms with Gasteiger partial charge in [0.15, 0.2) is 5.13 Å². The van der Waals surface area contributed by atoms with Crippen LogP contribution in [0.5, 0.6) is 0 Å². The lowest BCUT2D eigenvalue weighted by Gasteiger charge is -2.06. The van der Waals surface area contributed by atoms with Crippen LogP contribution >= 0.6 is 24.0 Å². The van der Waals surface area contributed by atoms with Crippen molar-refractivity contribution in [2.24, 2.45) is 0 Å². The van der Waals surface area contributed by atoms with Crippen molar-refractivity contribution in [3.05, 3.63) is 39.9 Å². The normalized spacial score (nSPS) is 13.4. The molecule has 0 atom stereocenters. The van der Waals surface area contributed by atoms with Crippen LogP contribution in [-0.2, 0) is 12.8 Å². The third-order valence-corrected chi connectivity index (χ3v) is 4.63. The Balaban J connectivity index is 1.82. The molecule has 1 aliphatic carbocycles. The summed E-state index contributed by atoms with van der Waals surface area (Å²) in [6.45, 7) is 1.92. The van der Waals surface area contributed by atoms with Gasteiger partial charge in [-0.15, -0.1) is 24.0 Å². The zero-order valence-corrected chi connectivity index (χ0v) is 12.3. The number of aryl methyl sites for hydroxylation is 3. The molecular formula is C14H14N2OS2. The Morgan fingerprint density at radius 2 is 2.26 bits per heavy atom. The molecule has 1 aromatic carbocycles. The number of thiazole rings is 1. The molecule has 1 aliphatic rings. The topological polar surface area (TPSA) is 42.0 Å². The van der Waals surface area contributed by atoms with Crippen molar-refractivity contribution >= 4 is 35.0 Å². The van der Waals surface area contributed by atoms with Gasteiger partial charge in [0.2, 0.25) is 0 Å². The molecule has 1 aromatic heterocycles. The lowest BCUT2D eigenvalue weighted by atomic mass is 10.1. The second kappa shape index (κ2) is 4.98. The fraction of sp³-hybridized carbons (Fsp3) is 0.286. The Hall–Kier alpha value is -1.33. The first-order valence-corrected chi connectivity index (χ1v) is 7.49. The first-order valence-electron chi connectivity index (χ1n) is 6.23. The minimum atomic E-state index is -0.110. The van der Waals surface area contributed by atoms with Crippen molar-refractivity contribution < 1.29 is 4.79 Å². The van der Waals surface area contributed by atoms with Gasteiger partial charge in [-0.2, -0.15) is 0 Å². The van der Waals surface area contributed by atoms with E-state index in [1.165, 1.54) is 11.3 Å². The number of rotatable bonds is 2. The summed E-state index contributed by atoms with van der Waals surface area (Å²) >= 11 is 5.87. The molecule has 1 heterocycles. The molecule has 1 N–H and O–H groups in total. The molecule has 0 saturated heterocycles. The second-order valence-electron chi connectivity index (χ2n) is 4.70. The fourth-order valence-electron chi connectivity index (χ4n) is 2.26. The molecule has 3 rings (SSSR count). The summed E-state index contributed by atoms with van der Waals surface area (Å²) in [7, 11) is 0. The summed E-state index contributed by atoms with van der Waals surface area (Å²) in [5.74, 6) is -0.110. The Bertz CT molecular complexity index is 627. The van der Waals surface area contributed by atoms with Crippen LogP contribution in [0.3, 0.4) is 0 Å². The van der Waals surface area contributed by atoms with E-state index in [1.54, 1.807) is 17.4 Å². The van der Waals surface area contributed by atoms with Gasteiger partial charge in [-0.1, -0.05) is 6.07 Å². The monoisotopic (exact) mass is 290 g/mol. The van der Waals surface area contributed by atoms with Crippen LogP contribution in [0.2, 0.25) is 0 Å². The molecule has 2 aromatic rings. The maximum absolute atomic E-state index is 12.2. The van der Waals surface area contributed by atoms with Gasteiger partial charge in [0.25, 0.3) is 5.91 Å². The average Bonchev–Trinajstić information content (AvgIpc) is 2.92. The number of carbonyl (C=O) groups excluding carboxylic acids is 1. The Labute approximate surface area is 121 Å². The van der Waals surface area contributed by atoms with E-state index in [9.17, 15) is 4.79 Å². The summed E-state index contributed by atoms with van der Waals surface area (Å²) < 4.78 is 0. The minimum absolute atomic E-state index is 0.110. The van der Waals surface area contributed by atoms with E-state index >= 15 is 0 Å². The maximum Gasteiger partial charge on any atom is 0.257 e. The number of hydrogen-bond donors (Lipinski definition) is 2. The molecule has 0 fully saturated rings. The zero-order chi connectivity index (χ0) is 13.4. The number of hydrogen-bond acceptors (Lipinski definition) is 4. The van der Waals surface area contributed by atoms with E-state index in [0.717, 1.165) is 29.0 Å². The Morgan fingerprint density at radius 3 is 3.05 bits per heavy atom. The number of aromatic nitrogens is 1. The molecule has 0 bridgehead atoms. The highest BCUT2D eigenvalue weighted by atomic mass is 32.1. The lowest BCUT2D eigenvalue weighted by Crippen LogP contribution is -2.13. The van der Waals surface area contributed by atoms with Gasteiger partial charge in [-0.05, 0) is 43.9 Å². The smallest absolute Gasteiger partial charge is 0.257 e. The highest BCUT2D eigenvalue weighted by Crippen LogP contribution is 2.30. The molecule has 0 spiro atoms. The first kappa shape index (κ1) is 12.7. The van der Waals surface area contributed by atoms with Gasteiger partial charge in [0, 0.05) is 15.3 Å². The van der Waals surface area contributed by atoms with E-state index in [0.29, 0.717) is 10.7 Å². The largest absolute Gasteiger partial charge is 0.298 e. The van der Waals surface area contributed by atoms with Crippen LogP contribution in [-0.4, -0.2) is 10.9 Å². The molecule has 5 heteroatoms. The predicted molar refractivity (Wildman–Crippen MR) is 80.5 cm³/mol. The van der Waals surface area contributed by atoms with Crippen molar-refractivity contribution in [3.63, 3.8) is 0 Å². The van der Waals surface area contributed by atoms with Crippen molar-refractivity contribution in [2.45, 2.75) is 31.1 Å². The molecule has 0 unspecified atom stereocenters. The minimum Gasteiger partial charge on any atom is -0.298 e. The molecule has 98 valence electrons. The number of amides is 1. The summed E-state index contributed by atoms with van der Waals surface area (Å²) in [4.78, 5) is 18.8. The number of anilines is 1. The fourth-order valence-corrected chi connectivity index (χ4v) is 3.51. The van der Waals surface area contributed by atoms with Crippen molar-refractivity contribution in [2.75, 3.05) is 5.32 Å². The number of nitrogens with zero attached hydrogens (tertiary/aromatic N) is 1. The number of carbonyl (C=O) groups is 1. The van der Waals surface area contributed by atoms with E-state index < -0.39 is 0 Å². The number of nitrogens with one attached hydrogen (secondary N) is 1. The molecule has 0 saturated carbocycles. The lowest BCUT2D eigenvalue weighted by molar-refractivity contribution is 0.102. The highest BCUT2D eigenvalue weighted by Gasteiger charge is 2.18. The van der Waals surface area contributed by atoms with E-state index in [1.807, 2.05) is 19.1 Å². The molecule has 3 nitrogen and oxygen atoms in total. The van der Waals surface area contributed by atoms with Gasteiger partial charge in [-0.25, -0.2) is 4.98 Å². The van der Waals surface area contributed by atoms with Gasteiger partial charge in [0.1, 0.15) is 0 Å². The van der Waals surface area contributed by atoms with Crippen LogP contribution in [0.15, 0.2) is 23.1 Å². The second-order valence-corrected chi connectivity index (χ2v) is 6.30. The van der Waals surface area contributed by atoms with Crippen LogP contribution in [0.4, 0.5) is 5.13 Å². The predicted octanol–water partition coefficient (Wildman–Crippen LogP) is 3.48. The van der Waals surface area contributed by atoms with E-state index in [-0.39, 0.29) is 5.91 Å². The quantitative estimate of drug-likeness (QED) is 0.832. The SMILES string of the molecule is Cc1ccc(S)cc1C(=O)Nc1nc2c(s1)CCC2. The summed E-state index contributed by atoms with van der Waals surface area (Å²) in [6.07, 6.45) is 3.31. The molecule has 0 aliphatic heterocycles. The van der Waals surface area contributed by atoms with Crippen LogP contribution in [0.1, 0.15) is 32.9 Å². The number of benzene rings is 1. The Kier molecular flexibility index (Phi) is 3.33. The van der Waals surface area contributed by atoms with Crippen LogP contribution in [0.25, 0.3) is 0 Å². The third-order valence-electron chi connectivity index (χ3n) is 3.28. The number of thiol groups is 1. The van der Waals surface area contributed by atoms with E-state index in [2.05, 4.69) is 22.9 Å². The Morgan fingerprint density at radius 1 is 1.42 bits per heavy atom. The van der Waals surface area contributed by atoms with Gasteiger partial charge in [-0.3, -0.25) is 10.1 Å². The van der Waals surface area contributed by atoms with Crippen molar-refractivity contribution in [1.29, 1.82) is 0 Å². The highest BCUT2D eigenvalue weighted by molar-refractivity contribution is 7.80. The van der Waals surface area contributed by atoms with E-state index in [4.69, 9.17) is 0 Å². The van der Waals surface area contributed by atoms with Crippen molar-refractivity contribution in [1.82, 2.24) is 4.98 Å². The van der Waals surface area contributed by atoms with Gasteiger partial charge in [0.05, 0.1) is 5.69 Å².